The zero-order valence-corrected chi connectivity index (χ0v) is 10.3. The van der Waals surface area contributed by atoms with E-state index in [-0.39, 0.29) is 11.1 Å². The van der Waals surface area contributed by atoms with Crippen LogP contribution in [0.4, 0.5) is 0 Å². The lowest BCUT2D eigenvalue weighted by Crippen LogP contribution is -2.57. The van der Waals surface area contributed by atoms with E-state index in [1.165, 1.54) is 0 Å². The highest BCUT2D eigenvalue weighted by Crippen LogP contribution is 2.35. The summed E-state index contributed by atoms with van der Waals surface area (Å²) < 4.78 is 0. The molecule has 0 bridgehead atoms. The van der Waals surface area contributed by atoms with Gasteiger partial charge in [-0.15, -0.1) is 0 Å². The number of hydrogen-bond acceptors (Lipinski definition) is 2. The molecule has 15 heavy (non-hydrogen) atoms. The first-order chi connectivity index (χ1) is 6.70. The van der Waals surface area contributed by atoms with Crippen molar-refractivity contribution in [2.75, 3.05) is 0 Å². The highest BCUT2D eigenvalue weighted by Gasteiger charge is 2.37. The lowest BCUT2D eigenvalue weighted by Gasteiger charge is -2.46. The molecule has 0 atom stereocenters. The van der Waals surface area contributed by atoms with Gasteiger partial charge in [0.15, 0.2) is 0 Å². The summed E-state index contributed by atoms with van der Waals surface area (Å²) in [6.45, 7) is 8.78. The van der Waals surface area contributed by atoms with E-state index >= 15 is 0 Å². The van der Waals surface area contributed by atoms with E-state index in [9.17, 15) is 4.79 Å². The molecule has 1 heterocycles. The first-order valence-corrected chi connectivity index (χ1v) is 5.71. The van der Waals surface area contributed by atoms with E-state index in [1.807, 2.05) is 0 Å². The second kappa shape index (κ2) is 4.12. The van der Waals surface area contributed by atoms with Crippen molar-refractivity contribution in [3.63, 3.8) is 0 Å². The van der Waals surface area contributed by atoms with Gasteiger partial charge in [-0.3, -0.25) is 4.79 Å². The lowest BCUT2D eigenvalue weighted by atomic mass is 9.74. The Morgan fingerprint density at radius 3 is 2.13 bits per heavy atom. The van der Waals surface area contributed by atoms with Gasteiger partial charge in [0.2, 0.25) is 0 Å². The van der Waals surface area contributed by atoms with Gasteiger partial charge in [-0.05, 0) is 52.9 Å². The Kier molecular flexibility index (Phi) is 3.44. The fourth-order valence-electron chi connectivity index (χ4n) is 3.07. The van der Waals surface area contributed by atoms with Gasteiger partial charge < -0.3 is 10.4 Å². The summed E-state index contributed by atoms with van der Waals surface area (Å²) >= 11 is 0. The highest BCUT2D eigenvalue weighted by molar-refractivity contribution is 5.66. The second-order valence-corrected chi connectivity index (χ2v) is 6.10. The number of rotatable bonds is 3. The molecule has 0 aromatic heterocycles. The van der Waals surface area contributed by atoms with Crippen LogP contribution in [-0.2, 0) is 4.79 Å². The third-order valence-corrected chi connectivity index (χ3v) is 3.04. The van der Waals surface area contributed by atoms with Crippen LogP contribution in [0.3, 0.4) is 0 Å². The molecule has 88 valence electrons. The van der Waals surface area contributed by atoms with E-state index in [0.29, 0.717) is 12.3 Å². The van der Waals surface area contributed by atoms with Crippen molar-refractivity contribution in [3.8, 4) is 0 Å². The SMILES string of the molecule is CC1(C)CC(CCC(=O)O)CC(C)(C)N1. The summed E-state index contributed by atoms with van der Waals surface area (Å²) in [5.74, 6) is -0.142. The quantitative estimate of drug-likeness (QED) is 0.757. The van der Waals surface area contributed by atoms with Crippen LogP contribution in [0.1, 0.15) is 53.4 Å². The topological polar surface area (TPSA) is 49.3 Å². The number of carboxylic acids is 1. The molecule has 3 heteroatoms. The Morgan fingerprint density at radius 1 is 1.27 bits per heavy atom. The molecule has 0 aromatic carbocycles. The van der Waals surface area contributed by atoms with E-state index in [1.54, 1.807) is 0 Å². The Labute approximate surface area is 92.3 Å². The maximum absolute atomic E-state index is 10.5. The van der Waals surface area contributed by atoms with Gasteiger partial charge in [0.1, 0.15) is 0 Å². The standard InChI is InChI=1S/C12H23NO2/c1-11(2)7-9(5-6-10(14)15)8-12(3,4)13-11/h9,13H,5-8H2,1-4H3,(H,14,15). The monoisotopic (exact) mass is 213 g/mol. The van der Waals surface area contributed by atoms with Gasteiger partial charge in [0.25, 0.3) is 0 Å². The molecule has 0 amide bonds. The number of carboxylic acid groups (broad SMARTS) is 1. The van der Waals surface area contributed by atoms with Crippen molar-refractivity contribution >= 4 is 5.97 Å². The molecule has 2 N–H and O–H groups in total. The van der Waals surface area contributed by atoms with Crippen LogP contribution in [0.25, 0.3) is 0 Å². The summed E-state index contributed by atoms with van der Waals surface area (Å²) in [6, 6.07) is 0. The van der Waals surface area contributed by atoms with Crippen molar-refractivity contribution in [2.45, 2.75) is 64.5 Å². The molecule has 1 aliphatic rings. The lowest BCUT2D eigenvalue weighted by molar-refractivity contribution is -0.137. The smallest absolute Gasteiger partial charge is 0.303 e. The average Bonchev–Trinajstić information content (AvgIpc) is 1.94. The molecule has 0 radical (unpaired) electrons. The molecule has 3 nitrogen and oxygen atoms in total. The third-order valence-electron chi connectivity index (χ3n) is 3.04. The number of hydrogen-bond donors (Lipinski definition) is 2. The molecular weight excluding hydrogens is 190 g/mol. The van der Waals surface area contributed by atoms with Crippen molar-refractivity contribution in [3.05, 3.63) is 0 Å². The second-order valence-electron chi connectivity index (χ2n) is 6.10. The zero-order valence-electron chi connectivity index (χ0n) is 10.3. The summed E-state index contributed by atoms with van der Waals surface area (Å²) in [5.41, 5.74) is 0.260. The Bertz CT molecular complexity index is 230. The predicted molar refractivity (Wildman–Crippen MR) is 60.9 cm³/mol. The van der Waals surface area contributed by atoms with Crippen molar-refractivity contribution < 1.29 is 9.90 Å². The zero-order chi connectivity index (χ0) is 11.7. The Hall–Kier alpha value is -0.570. The normalized spacial score (nSPS) is 25.1. The molecular formula is C12H23NO2. The highest BCUT2D eigenvalue weighted by atomic mass is 16.4. The van der Waals surface area contributed by atoms with Crippen LogP contribution in [0, 0.1) is 5.92 Å². The predicted octanol–water partition coefficient (Wildman–Crippen LogP) is 2.41. The van der Waals surface area contributed by atoms with Crippen molar-refractivity contribution in [1.82, 2.24) is 5.32 Å². The van der Waals surface area contributed by atoms with E-state index < -0.39 is 5.97 Å². The molecule has 0 saturated carbocycles. The van der Waals surface area contributed by atoms with Gasteiger partial charge >= 0.3 is 5.97 Å². The molecule has 1 aliphatic heterocycles. The largest absolute Gasteiger partial charge is 0.481 e. The molecule has 0 spiro atoms. The summed E-state index contributed by atoms with van der Waals surface area (Å²) in [4.78, 5) is 10.5. The maximum atomic E-state index is 10.5. The Balaban J connectivity index is 2.55. The van der Waals surface area contributed by atoms with Crippen LogP contribution < -0.4 is 5.32 Å². The average molecular weight is 213 g/mol. The van der Waals surface area contributed by atoms with Crippen molar-refractivity contribution in [1.29, 1.82) is 0 Å². The number of piperidine rings is 1. The van der Waals surface area contributed by atoms with E-state index in [2.05, 4.69) is 33.0 Å². The van der Waals surface area contributed by atoms with E-state index in [4.69, 9.17) is 5.11 Å². The van der Waals surface area contributed by atoms with Gasteiger partial charge in [-0.25, -0.2) is 0 Å². The van der Waals surface area contributed by atoms with Crippen molar-refractivity contribution in [2.24, 2.45) is 5.92 Å². The summed E-state index contributed by atoms with van der Waals surface area (Å²) in [7, 11) is 0. The number of aliphatic carboxylic acids is 1. The molecule has 1 rings (SSSR count). The van der Waals surface area contributed by atoms with Gasteiger partial charge in [-0.2, -0.15) is 0 Å². The summed E-state index contributed by atoms with van der Waals surface area (Å²) in [5, 5.41) is 12.3. The van der Waals surface area contributed by atoms with E-state index in [0.717, 1.165) is 19.3 Å². The summed E-state index contributed by atoms with van der Waals surface area (Å²) in [6.07, 6.45) is 3.26. The first kappa shape index (κ1) is 12.5. The third kappa shape index (κ3) is 4.20. The fraction of sp³-hybridized carbons (Fsp3) is 0.917. The minimum absolute atomic E-state index is 0.130. The van der Waals surface area contributed by atoms with Gasteiger partial charge in [0, 0.05) is 17.5 Å². The molecule has 0 aromatic rings. The Morgan fingerprint density at radius 2 is 1.73 bits per heavy atom. The molecule has 0 aliphatic carbocycles. The minimum Gasteiger partial charge on any atom is -0.481 e. The van der Waals surface area contributed by atoms with Crippen LogP contribution >= 0.6 is 0 Å². The number of carbonyl (C=O) groups is 1. The first-order valence-electron chi connectivity index (χ1n) is 5.71. The van der Waals surface area contributed by atoms with Gasteiger partial charge in [-0.1, -0.05) is 0 Å². The van der Waals surface area contributed by atoms with Crippen LogP contribution in [0.5, 0.6) is 0 Å². The minimum atomic E-state index is -0.677. The number of nitrogens with one attached hydrogen (secondary N) is 1. The fourth-order valence-corrected chi connectivity index (χ4v) is 3.07. The molecule has 1 saturated heterocycles. The maximum Gasteiger partial charge on any atom is 0.303 e. The van der Waals surface area contributed by atoms with Crippen LogP contribution in [0.15, 0.2) is 0 Å². The van der Waals surface area contributed by atoms with Crippen LogP contribution in [-0.4, -0.2) is 22.2 Å². The van der Waals surface area contributed by atoms with Gasteiger partial charge in [0.05, 0.1) is 0 Å². The molecule has 1 fully saturated rings. The molecule has 0 unspecified atom stereocenters. The van der Waals surface area contributed by atoms with Crippen LogP contribution in [0.2, 0.25) is 0 Å².